The van der Waals surface area contributed by atoms with E-state index in [0.29, 0.717) is 5.56 Å². The van der Waals surface area contributed by atoms with Gasteiger partial charge in [-0.3, -0.25) is 0 Å². The lowest BCUT2D eigenvalue weighted by atomic mass is 9.94. The van der Waals surface area contributed by atoms with Crippen LogP contribution in [0.25, 0.3) is 5.57 Å². The molecule has 4 nitrogen and oxygen atoms in total. The number of benzene rings is 1. The van der Waals surface area contributed by atoms with Gasteiger partial charge in [-0.25, -0.2) is 14.8 Å². The highest BCUT2D eigenvalue weighted by Crippen LogP contribution is 2.27. The Morgan fingerprint density at radius 1 is 1.36 bits per heavy atom. The lowest BCUT2D eigenvalue weighted by Crippen LogP contribution is -2.04. The molecule has 0 aliphatic carbocycles. The van der Waals surface area contributed by atoms with Crippen molar-refractivity contribution < 1.29 is 9.53 Å². The zero-order valence-corrected chi connectivity index (χ0v) is 13.5. The summed E-state index contributed by atoms with van der Waals surface area (Å²) in [6, 6.07) is 7.34. The molecule has 0 spiro atoms. The summed E-state index contributed by atoms with van der Waals surface area (Å²) in [4.78, 5) is 19.8. The number of allylic oxidation sites excluding steroid dienone is 1. The van der Waals surface area contributed by atoms with E-state index >= 15 is 0 Å². The predicted octanol–water partition coefficient (Wildman–Crippen LogP) is 3.93. The number of halogens is 1. The second kappa shape index (κ2) is 7.18. The molecule has 0 fully saturated rings. The number of hydrogen-bond donors (Lipinski definition) is 0. The van der Waals surface area contributed by atoms with Crippen LogP contribution in [0.15, 0.2) is 36.5 Å². The summed E-state index contributed by atoms with van der Waals surface area (Å²) in [7, 11) is 1.38. The quantitative estimate of drug-likeness (QED) is 0.633. The highest BCUT2D eigenvalue weighted by Gasteiger charge is 2.14. The summed E-state index contributed by atoms with van der Waals surface area (Å²) in [5.74, 6) is -0.339. The van der Waals surface area contributed by atoms with Crippen LogP contribution in [0.2, 0.25) is 5.28 Å². The number of aryl methyl sites for hydroxylation is 1. The molecule has 0 radical (unpaired) electrons. The van der Waals surface area contributed by atoms with Gasteiger partial charge in [0.2, 0.25) is 5.28 Å². The molecule has 22 heavy (non-hydrogen) atoms. The van der Waals surface area contributed by atoms with Crippen LogP contribution >= 0.6 is 11.6 Å². The van der Waals surface area contributed by atoms with Crippen LogP contribution in [0.5, 0.6) is 0 Å². The van der Waals surface area contributed by atoms with Crippen LogP contribution in [0, 0.1) is 0 Å². The number of hydrogen-bond acceptors (Lipinski definition) is 4. The number of nitrogens with zero attached hydrogens (tertiary/aromatic N) is 2. The van der Waals surface area contributed by atoms with Gasteiger partial charge in [-0.2, -0.15) is 0 Å². The van der Waals surface area contributed by atoms with Crippen LogP contribution < -0.4 is 0 Å². The monoisotopic (exact) mass is 316 g/mol. The van der Waals surface area contributed by atoms with E-state index in [0.717, 1.165) is 28.8 Å². The Labute approximate surface area is 134 Å². The highest BCUT2D eigenvalue weighted by molar-refractivity contribution is 6.28. The summed E-state index contributed by atoms with van der Waals surface area (Å²) in [5.41, 5.74) is 4.32. The van der Waals surface area contributed by atoms with Crippen LogP contribution in [-0.4, -0.2) is 23.0 Å². The van der Waals surface area contributed by atoms with Crippen molar-refractivity contribution in [1.82, 2.24) is 9.97 Å². The van der Waals surface area contributed by atoms with Gasteiger partial charge >= 0.3 is 5.97 Å². The van der Waals surface area contributed by atoms with E-state index in [1.54, 1.807) is 12.3 Å². The first-order chi connectivity index (χ1) is 10.6. The summed E-state index contributed by atoms with van der Waals surface area (Å²) < 4.78 is 4.77. The van der Waals surface area contributed by atoms with Gasteiger partial charge in [0, 0.05) is 11.8 Å². The van der Waals surface area contributed by atoms with Gasteiger partial charge in [-0.1, -0.05) is 19.1 Å². The first-order valence-corrected chi connectivity index (χ1v) is 7.35. The topological polar surface area (TPSA) is 52.1 Å². The average molecular weight is 317 g/mol. The lowest BCUT2D eigenvalue weighted by Gasteiger charge is -2.13. The molecule has 2 aromatic rings. The van der Waals surface area contributed by atoms with Crippen molar-refractivity contribution in [2.75, 3.05) is 7.11 Å². The second-order valence-electron chi connectivity index (χ2n) is 4.63. The van der Waals surface area contributed by atoms with Gasteiger partial charge in [0.05, 0.1) is 18.4 Å². The molecule has 0 atom stereocenters. The SMILES string of the molecule is C/C=C(/c1ccnc(Cl)n1)c1ccc(C(=O)OC)cc1CC. The Hall–Kier alpha value is -2.20. The minimum absolute atomic E-state index is 0.209. The van der Waals surface area contributed by atoms with E-state index in [1.807, 2.05) is 38.1 Å². The number of esters is 1. The molecule has 5 heteroatoms. The first kappa shape index (κ1) is 16.2. The second-order valence-corrected chi connectivity index (χ2v) is 4.97. The maximum atomic E-state index is 11.7. The molecule has 0 amide bonds. The zero-order chi connectivity index (χ0) is 16.1. The number of aromatic nitrogens is 2. The largest absolute Gasteiger partial charge is 0.465 e. The smallest absolute Gasteiger partial charge is 0.337 e. The highest BCUT2D eigenvalue weighted by atomic mass is 35.5. The van der Waals surface area contributed by atoms with Crippen molar-refractivity contribution in [1.29, 1.82) is 0 Å². The Bertz CT molecular complexity index is 726. The first-order valence-electron chi connectivity index (χ1n) is 6.97. The summed E-state index contributed by atoms with van der Waals surface area (Å²) in [6.45, 7) is 3.99. The molecule has 1 heterocycles. The van der Waals surface area contributed by atoms with Crippen LogP contribution in [0.1, 0.15) is 41.0 Å². The van der Waals surface area contributed by atoms with E-state index in [2.05, 4.69) is 9.97 Å². The van der Waals surface area contributed by atoms with E-state index in [-0.39, 0.29) is 11.3 Å². The third kappa shape index (κ3) is 3.34. The number of rotatable bonds is 4. The third-order valence-electron chi connectivity index (χ3n) is 3.39. The van der Waals surface area contributed by atoms with E-state index in [4.69, 9.17) is 16.3 Å². The maximum absolute atomic E-state index is 11.7. The maximum Gasteiger partial charge on any atom is 0.337 e. The van der Waals surface area contributed by atoms with Gasteiger partial charge in [0.1, 0.15) is 0 Å². The standard InChI is InChI=1S/C17H17ClN2O2/c1-4-11-10-12(16(21)22-3)6-7-14(11)13(5-2)15-8-9-19-17(18)20-15/h5-10H,4H2,1-3H3/b13-5+. The molecule has 0 aliphatic heterocycles. The number of carbonyl (C=O) groups excluding carboxylic acids is 1. The Kier molecular flexibility index (Phi) is 5.28. The molecule has 0 N–H and O–H groups in total. The van der Waals surface area contributed by atoms with Gasteiger partial charge in [0.25, 0.3) is 0 Å². The molecule has 0 aliphatic rings. The Balaban J connectivity index is 2.52. The summed E-state index contributed by atoms with van der Waals surface area (Å²) >= 11 is 5.88. The summed E-state index contributed by atoms with van der Waals surface area (Å²) in [6.07, 6.45) is 4.39. The minimum atomic E-state index is -0.339. The van der Waals surface area contributed by atoms with E-state index < -0.39 is 0 Å². The fourth-order valence-corrected chi connectivity index (χ4v) is 2.47. The van der Waals surface area contributed by atoms with Crippen molar-refractivity contribution in [2.45, 2.75) is 20.3 Å². The fraction of sp³-hybridized carbons (Fsp3) is 0.235. The number of ether oxygens (including phenoxy) is 1. The molecule has 0 bridgehead atoms. The van der Waals surface area contributed by atoms with Crippen molar-refractivity contribution in [3.05, 3.63) is 64.2 Å². The minimum Gasteiger partial charge on any atom is -0.465 e. The van der Waals surface area contributed by atoms with Crippen molar-refractivity contribution in [2.24, 2.45) is 0 Å². The lowest BCUT2D eigenvalue weighted by molar-refractivity contribution is 0.0600. The molecule has 1 aromatic heterocycles. The Morgan fingerprint density at radius 2 is 2.14 bits per heavy atom. The van der Waals surface area contributed by atoms with E-state index in [9.17, 15) is 4.79 Å². The number of methoxy groups -OCH3 is 1. The van der Waals surface area contributed by atoms with Crippen LogP contribution in [0.4, 0.5) is 0 Å². The zero-order valence-electron chi connectivity index (χ0n) is 12.8. The van der Waals surface area contributed by atoms with Crippen LogP contribution in [-0.2, 0) is 11.2 Å². The average Bonchev–Trinajstić information content (AvgIpc) is 2.55. The fourth-order valence-electron chi connectivity index (χ4n) is 2.32. The molecule has 2 rings (SSSR count). The van der Waals surface area contributed by atoms with Gasteiger partial charge < -0.3 is 4.74 Å². The molecular formula is C17H17ClN2O2. The van der Waals surface area contributed by atoms with Gasteiger partial charge in [0.15, 0.2) is 0 Å². The van der Waals surface area contributed by atoms with Crippen LogP contribution in [0.3, 0.4) is 0 Å². The molecule has 1 aromatic carbocycles. The van der Waals surface area contributed by atoms with E-state index in [1.165, 1.54) is 7.11 Å². The molecule has 114 valence electrons. The van der Waals surface area contributed by atoms with Crippen molar-refractivity contribution in [3.8, 4) is 0 Å². The normalized spacial score (nSPS) is 11.4. The Morgan fingerprint density at radius 3 is 2.73 bits per heavy atom. The molecular weight excluding hydrogens is 300 g/mol. The summed E-state index contributed by atoms with van der Waals surface area (Å²) in [5, 5.41) is 0.209. The van der Waals surface area contributed by atoms with Gasteiger partial charge in [-0.05, 0) is 54.3 Å². The van der Waals surface area contributed by atoms with Crippen molar-refractivity contribution in [3.63, 3.8) is 0 Å². The predicted molar refractivity (Wildman–Crippen MR) is 87.0 cm³/mol. The number of carbonyl (C=O) groups is 1. The van der Waals surface area contributed by atoms with Crippen molar-refractivity contribution >= 4 is 23.1 Å². The molecule has 0 saturated carbocycles. The molecule has 0 unspecified atom stereocenters. The van der Waals surface area contributed by atoms with Gasteiger partial charge in [-0.15, -0.1) is 0 Å². The molecule has 0 saturated heterocycles. The third-order valence-corrected chi connectivity index (χ3v) is 3.57.